The fraction of sp³-hybridized carbons (Fsp3) is 0.591. The number of thiophene rings is 1. The third-order valence-corrected chi connectivity index (χ3v) is 7.03. The van der Waals surface area contributed by atoms with Crippen molar-refractivity contribution in [3.8, 4) is 5.88 Å². The van der Waals surface area contributed by atoms with Crippen molar-refractivity contribution < 1.29 is 9.47 Å². The van der Waals surface area contributed by atoms with Crippen LogP contribution in [0.2, 0.25) is 0 Å². The highest BCUT2D eigenvalue weighted by Gasteiger charge is 2.47. The molecule has 0 aromatic carbocycles. The minimum atomic E-state index is 0.0533. The predicted octanol–water partition coefficient (Wildman–Crippen LogP) is 4.76. The van der Waals surface area contributed by atoms with Crippen molar-refractivity contribution in [2.45, 2.75) is 56.6 Å². The molecule has 0 bridgehead atoms. The first-order valence-corrected chi connectivity index (χ1v) is 11.1. The van der Waals surface area contributed by atoms with E-state index in [2.05, 4.69) is 34.3 Å². The summed E-state index contributed by atoms with van der Waals surface area (Å²) in [5.74, 6) is 1.85. The molecule has 0 radical (unpaired) electrons. The highest BCUT2D eigenvalue weighted by atomic mass is 32.1. The quantitative estimate of drug-likeness (QED) is 0.697. The minimum Gasteiger partial charge on any atom is -0.481 e. The third-order valence-electron chi connectivity index (χ3n) is 6.30. The first-order chi connectivity index (χ1) is 13.3. The molecule has 1 N–H and O–H groups in total. The van der Waals surface area contributed by atoms with Crippen molar-refractivity contribution in [3.63, 3.8) is 0 Å². The number of nitrogens with zero attached hydrogens (tertiary/aromatic N) is 1. The van der Waals surface area contributed by atoms with Gasteiger partial charge in [0.1, 0.15) is 0 Å². The Morgan fingerprint density at radius 1 is 1.33 bits per heavy atom. The van der Waals surface area contributed by atoms with E-state index in [9.17, 15) is 0 Å². The zero-order chi connectivity index (χ0) is 18.5. The van der Waals surface area contributed by atoms with Crippen LogP contribution in [0.15, 0.2) is 35.0 Å². The van der Waals surface area contributed by atoms with Crippen molar-refractivity contribution >= 4 is 11.3 Å². The van der Waals surface area contributed by atoms with E-state index in [1.807, 2.05) is 6.07 Å². The van der Waals surface area contributed by atoms with Gasteiger partial charge < -0.3 is 14.8 Å². The number of rotatable bonds is 7. The second-order valence-corrected chi connectivity index (χ2v) is 8.67. The molecule has 2 aliphatic rings. The van der Waals surface area contributed by atoms with Crippen LogP contribution >= 0.6 is 11.3 Å². The number of pyridine rings is 1. The standard InChI is InChI=1S/C22H30N2O2S/c1-25-21-6-2-5-20(24-21)18-8-12-26-22(14-18)10-3-4-19(22)7-11-23-15-17-9-13-27-16-17/h2,5-6,9,13,16,18-19,23H,3-4,7-8,10-12,14-15H2,1H3. The van der Waals surface area contributed by atoms with Gasteiger partial charge in [0.25, 0.3) is 0 Å². The molecule has 3 unspecified atom stereocenters. The molecule has 4 nitrogen and oxygen atoms in total. The van der Waals surface area contributed by atoms with Gasteiger partial charge in [0.15, 0.2) is 0 Å². The van der Waals surface area contributed by atoms with Crippen LogP contribution in [0.3, 0.4) is 0 Å². The molecule has 5 heteroatoms. The lowest BCUT2D eigenvalue weighted by Gasteiger charge is -2.42. The first-order valence-electron chi connectivity index (χ1n) is 10.2. The van der Waals surface area contributed by atoms with E-state index >= 15 is 0 Å². The van der Waals surface area contributed by atoms with Gasteiger partial charge >= 0.3 is 0 Å². The third kappa shape index (κ3) is 4.36. The van der Waals surface area contributed by atoms with Crippen LogP contribution in [0.1, 0.15) is 55.7 Å². The summed E-state index contributed by atoms with van der Waals surface area (Å²) in [4.78, 5) is 4.71. The topological polar surface area (TPSA) is 43.4 Å². The number of aromatic nitrogens is 1. The molecular formula is C22H30N2O2S. The first kappa shape index (κ1) is 18.9. The molecule has 1 saturated carbocycles. The van der Waals surface area contributed by atoms with Crippen LogP contribution in [0.25, 0.3) is 0 Å². The highest BCUT2D eigenvalue weighted by Crippen LogP contribution is 2.49. The molecule has 1 aliphatic carbocycles. The van der Waals surface area contributed by atoms with Crippen molar-refractivity contribution in [1.29, 1.82) is 0 Å². The summed E-state index contributed by atoms with van der Waals surface area (Å²) in [5, 5.41) is 7.98. The number of hydrogen-bond donors (Lipinski definition) is 1. The molecule has 146 valence electrons. The summed E-state index contributed by atoms with van der Waals surface area (Å²) < 4.78 is 11.8. The van der Waals surface area contributed by atoms with Crippen molar-refractivity contribution in [2.75, 3.05) is 20.3 Å². The van der Waals surface area contributed by atoms with Crippen LogP contribution in [0.4, 0.5) is 0 Å². The summed E-state index contributed by atoms with van der Waals surface area (Å²) >= 11 is 1.77. The zero-order valence-corrected chi connectivity index (χ0v) is 17.0. The Kier molecular flexibility index (Phi) is 6.11. The smallest absolute Gasteiger partial charge is 0.213 e. The minimum absolute atomic E-state index is 0.0533. The molecule has 1 saturated heterocycles. The number of nitrogens with one attached hydrogen (secondary N) is 1. The van der Waals surface area contributed by atoms with Gasteiger partial charge in [-0.15, -0.1) is 0 Å². The molecule has 1 aliphatic heterocycles. The Balaban J connectivity index is 1.36. The Morgan fingerprint density at radius 2 is 2.30 bits per heavy atom. The van der Waals surface area contributed by atoms with E-state index in [1.54, 1.807) is 18.4 Å². The largest absolute Gasteiger partial charge is 0.481 e. The number of methoxy groups -OCH3 is 1. The normalized spacial score (nSPS) is 27.9. The van der Waals surface area contributed by atoms with Crippen molar-refractivity contribution in [3.05, 3.63) is 46.3 Å². The number of hydrogen-bond acceptors (Lipinski definition) is 5. The molecular weight excluding hydrogens is 356 g/mol. The Labute approximate surface area is 166 Å². The molecule has 4 rings (SSSR count). The highest BCUT2D eigenvalue weighted by molar-refractivity contribution is 7.07. The predicted molar refractivity (Wildman–Crippen MR) is 109 cm³/mol. The molecule has 2 fully saturated rings. The SMILES string of the molecule is COc1cccc(C2CCOC3(CCCC3CCNCc3ccsc3)C2)n1. The summed E-state index contributed by atoms with van der Waals surface area (Å²) in [5.41, 5.74) is 2.61. The molecule has 3 heterocycles. The summed E-state index contributed by atoms with van der Waals surface area (Å²) in [6.45, 7) is 2.89. The van der Waals surface area contributed by atoms with Gasteiger partial charge in [0.2, 0.25) is 5.88 Å². The van der Waals surface area contributed by atoms with E-state index in [4.69, 9.17) is 14.5 Å². The van der Waals surface area contributed by atoms with E-state index in [0.717, 1.165) is 32.5 Å². The maximum Gasteiger partial charge on any atom is 0.213 e. The number of ether oxygens (including phenoxy) is 2. The van der Waals surface area contributed by atoms with Crippen LogP contribution in [-0.4, -0.2) is 30.8 Å². The lowest BCUT2D eigenvalue weighted by atomic mass is 9.76. The van der Waals surface area contributed by atoms with Gasteiger partial charge in [0.05, 0.1) is 12.7 Å². The lowest BCUT2D eigenvalue weighted by molar-refractivity contribution is -0.111. The van der Waals surface area contributed by atoms with Crippen molar-refractivity contribution in [1.82, 2.24) is 10.3 Å². The average Bonchev–Trinajstić information content (AvgIpc) is 3.36. The van der Waals surface area contributed by atoms with Gasteiger partial charge in [-0.05, 0) is 73.0 Å². The maximum atomic E-state index is 6.47. The average molecular weight is 387 g/mol. The second kappa shape index (κ2) is 8.72. The van der Waals surface area contributed by atoms with Gasteiger partial charge in [-0.3, -0.25) is 0 Å². The van der Waals surface area contributed by atoms with Crippen LogP contribution in [0.5, 0.6) is 5.88 Å². The lowest BCUT2D eigenvalue weighted by Crippen LogP contribution is -2.43. The molecule has 2 aromatic heterocycles. The molecule has 0 amide bonds. The van der Waals surface area contributed by atoms with Gasteiger partial charge in [0, 0.05) is 30.8 Å². The van der Waals surface area contributed by atoms with Crippen LogP contribution < -0.4 is 10.1 Å². The summed E-state index contributed by atoms with van der Waals surface area (Å²) in [6.07, 6.45) is 7.13. The summed E-state index contributed by atoms with van der Waals surface area (Å²) in [7, 11) is 1.69. The summed E-state index contributed by atoms with van der Waals surface area (Å²) in [6, 6.07) is 8.34. The van der Waals surface area contributed by atoms with Crippen LogP contribution in [0, 0.1) is 5.92 Å². The fourth-order valence-electron chi connectivity index (χ4n) is 4.89. The Bertz CT molecular complexity index is 721. The van der Waals surface area contributed by atoms with E-state index in [0.29, 0.717) is 17.7 Å². The zero-order valence-electron chi connectivity index (χ0n) is 16.2. The monoisotopic (exact) mass is 386 g/mol. The Morgan fingerprint density at radius 3 is 3.15 bits per heavy atom. The molecule has 27 heavy (non-hydrogen) atoms. The van der Waals surface area contributed by atoms with E-state index in [1.165, 1.54) is 36.9 Å². The van der Waals surface area contributed by atoms with Crippen LogP contribution in [-0.2, 0) is 11.3 Å². The van der Waals surface area contributed by atoms with Crippen molar-refractivity contribution in [2.24, 2.45) is 5.92 Å². The molecule has 1 spiro atoms. The van der Waals surface area contributed by atoms with Gasteiger partial charge in [-0.2, -0.15) is 11.3 Å². The van der Waals surface area contributed by atoms with E-state index < -0.39 is 0 Å². The maximum absolute atomic E-state index is 6.47. The molecule has 2 aromatic rings. The van der Waals surface area contributed by atoms with Gasteiger partial charge in [-0.1, -0.05) is 12.5 Å². The molecule has 3 atom stereocenters. The van der Waals surface area contributed by atoms with E-state index in [-0.39, 0.29) is 5.60 Å². The second-order valence-electron chi connectivity index (χ2n) is 7.89. The van der Waals surface area contributed by atoms with Gasteiger partial charge in [-0.25, -0.2) is 4.98 Å². The fourth-order valence-corrected chi connectivity index (χ4v) is 5.56. The Hall–Kier alpha value is -1.43.